The topological polar surface area (TPSA) is 203 Å². The van der Waals surface area contributed by atoms with E-state index < -0.39 is 111 Å². The number of alkyl halides is 3. The molecule has 55 heavy (non-hydrogen) atoms. The fourth-order valence-electron chi connectivity index (χ4n) is 7.01. The van der Waals surface area contributed by atoms with E-state index in [1.807, 2.05) is 6.08 Å². The van der Waals surface area contributed by atoms with Crippen LogP contribution < -0.4 is 20.1 Å². The first-order chi connectivity index (χ1) is 26.1. The number of carbonyl (C=O) groups excluding carboxylic acids is 4. The highest BCUT2D eigenvalue weighted by Gasteiger charge is 2.62. The van der Waals surface area contributed by atoms with E-state index in [-0.39, 0.29) is 24.1 Å². The van der Waals surface area contributed by atoms with Crippen molar-refractivity contribution in [2.24, 2.45) is 5.92 Å². The molecule has 5 atom stereocenters. The van der Waals surface area contributed by atoms with Gasteiger partial charge in [0.1, 0.15) is 35.0 Å². The summed E-state index contributed by atoms with van der Waals surface area (Å²) in [4.78, 5) is 63.9. The molecule has 2 aromatic heterocycles. The first-order valence-corrected chi connectivity index (χ1v) is 19.4. The van der Waals surface area contributed by atoms with Crippen LogP contribution in [0.1, 0.15) is 79.7 Å². The zero-order valence-electron chi connectivity index (χ0n) is 29.4. The van der Waals surface area contributed by atoms with E-state index in [2.05, 4.69) is 30.5 Å². The highest BCUT2D eigenvalue weighted by molar-refractivity contribution is 7.91. The fraction of sp³-hybridized carbons (Fsp3) is 0.514. The van der Waals surface area contributed by atoms with Crippen molar-refractivity contribution in [1.82, 2.24) is 35.4 Å². The summed E-state index contributed by atoms with van der Waals surface area (Å²) in [7, 11) is -4.02. The second kappa shape index (κ2) is 14.5. The summed E-state index contributed by atoms with van der Waals surface area (Å²) < 4.78 is 95.8. The van der Waals surface area contributed by atoms with Gasteiger partial charge in [-0.05, 0) is 57.6 Å². The Morgan fingerprint density at radius 1 is 1.11 bits per heavy atom. The van der Waals surface area contributed by atoms with Crippen molar-refractivity contribution in [3.05, 3.63) is 59.4 Å². The van der Waals surface area contributed by atoms with E-state index in [0.29, 0.717) is 44.3 Å². The molecule has 1 saturated heterocycles. The number of fused-ring (bicyclic) bond motifs is 3. The third-order valence-corrected chi connectivity index (χ3v) is 12.0. The number of ether oxygens (including phenoxy) is 1. The van der Waals surface area contributed by atoms with Crippen LogP contribution in [0.15, 0.2) is 40.9 Å². The molecular weight excluding hydrogens is 754 g/mol. The third kappa shape index (κ3) is 7.99. The molecule has 4 amide bonds. The van der Waals surface area contributed by atoms with Crippen molar-refractivity contribution in [3.8, 4) is 5.88 Å². The monoisotopic (exact) mass is 791 g/mol. The quantitative estimate of drug-likeness (QED) is 0.234. The average Bonchev–Trinajstić information content (AvgIpc) is 4.01. The third-order valence-electron chi connectivity index (χ3n) is 10.2. The van der Waals surface area contributed by atoms with Gasteiger partial charge in [-0.2, -0.15) is 13.2 Å². The summed E-state index contributed by atoms with van der Waals surface area (Å²) in [5, 5.41) is 8.26. The molecule has 2 aliphatic heterocycles. The molecule has 3 fully saturated rings. The number of aromatic nitrogens is 3. The molecule has 0 spiro atoms. The molecule has 0 unspecified atom stereocenters. The van der Waals surface area contributed by atoms with Crippen LogP contribution in [0.25, 0.3) is 11.0 Å². The minimum Gasteiger partial charge on any atom is -0.471 e. The minimum atomic E-state index is -5.09. The lowest BCUT2D eigenvalue weighted by Crippen LogP contribution is -2.58. The summed E-state index contributed by atoms with van der Waals surface area (Å²) in [6, 6.07) is 1.95. The summed E-state index contributed by atoms with van der Waals surface area (Å²) in [6.07, 6.45) is -0.0652. The number of para-hydroxylation sites is 1. The van der Waals surface area contributed by atoms with Gasteiger partial charge in [0.2, 0.25) is 33.4 Å². The van der Waals surface area contributed by atoms with Gasteiger partial charge in [-0.1, -0.05) is 36.2 Å². The number of nitrogens with zero attached hydrogens (tertiary/aromatic N) is 4. The van der Waals surface area contributed by atoms with Crippen molar-refractivity contribution < 1.29 is 54.4 Å². The van der Waals surface area contributed by atoms with Crippen LogP contribution in [0.4, 0.5) is 17.6 Å². The van der Waals surface area contributed by atoms with E-state index in [1.165, 1.54) is 12.1 Å². The Morgan fingerprint density at radius 3 is 2.60 bits per heavy atom. The van der Waals surface area contributed by atoms with Crippen LogP contribution in [0.3, 0.4) is 0 Å². The zero-order chi connectivity index (χ0) is 39.3. The van der Waals surface area contributed by atoms with Gasteiger partial charge in [-0.3, -0.25) is 23.9 Å². The van der Waals surface area contributed by atoms with Crippen molar-refractivity contribution >= 4 is 44.7 Å². The van der Waals surface area contributed by atoms with Crippen molar-refractivity contribution in [3.63, 3.8) is 0 Å². The molecule has 4 heterocycles. The number of halogens is 4. The Balaban J connectivity index is 1.23. The molecular formula is C35H37F4N7O8S. The Hall–Kier alpha value is -5.14. The molecule has 3 aromatic rings. The molecule has 294 valence electrons. The molecule has 20 heteroatoms. The van der Waals surface area contributed by atoms with Gasteiger partial charge in [0.15, 0.2) is 11.5 Å². The van der Waals surface area contributed by atoms with Crippen LogP contribution in [0.2, 0.25) is 0 Å². The molecule has 0 bridgehead atoms. The first kappa shape index (κ1) is 38.1. The lowest BCUT2D eigenvalue weighted by molar-refractivity contribution is -0.143. The van der Waals surface area contributed by atoms with E-state index >= 15 is 0 Å². The number of aryl methyl sites for hydroxylation is 1. The zero-order valence-corrected chi connectivity index (χ0v) is 30.2. The van der Waals surface area contributed by atoms with Crippen LogP contribution in [-0.4, -0.2) is 87.6 Å². The predicted octanol–water partition coefficient (Wildman–Crippen LogP) is 3.23. The lowest BCUT2D eigenvalue weighted by Gasteiger charge is -2.29. The number of hydrogen-bond donors (Lipinski definition) is 3. The highest BCUT2D eigenvalue weighted by Crippen LogP contribution is 2.46. The van der Waals surface area contributed by atoms with E-state index in [1.54, 1.807) is 13.0 Å². The van der Waals surface area contributed by atoms with Crippen molar-refractivity contribution in [1.29, 1.82) is 0 Å². The molecule has 2 saturated carbocycles. The maximum atomic E-state index is 14.7. The summed E-state index contributed by atoms with van der Waals surface area (Å²) in [6.45, 7) is 1.08. The van der Waals surface area contributed by atoms with Gasteiger partial charge in [0, 0.05) is 18.4 Å². The lowest BCUT2D eigenvalue weighted by atomic mass is 10.0. The smallest absolute Gasteiger partial charge is 0.438 e. The Morgan fingerprint density at radius 2 is 1.89 bits per heavy atom. The number of carbonyl (C=O) groups is 4. The number of benzene rings is 1. The Labute approximate surface area is 311 Å². The maximum absolute atomic E-state index is 14.7. The largest absolute Gasteiger partial charge is 0.471 e. The Kier molecular flexibility index (Phi) is 10.1. The molecule has 15 nitrogen and oxygen atoms in total. The second-order valence-corrected chi connectivity index (χ2v) is 16.3. The van der Waals surface area contributed by atoms with Gasteiger partial charge in [-0.15, -0.1) is 0 Å². The maximum Gasteiger partial charge on any atom is 0.438 e. The number of sulfonamides is 1. The number of allylic oxidation sites excluding steroid dienone is 1. The van der Waals surface area contributed by atoms with Crippen molar-refractivity contribution in [2.75, 3.05) is 6.54 Å². The van der Waals surface area contributed by atoms with Crippen LogP contribution >= 0.6 is 0 Å². The summed E-state index contributed by atoms with van der Waals surface area (Å²) >= 11 is 0. The molecule has 7 rings (SSSR count). The number of rotatable bonds is 7. The molecule has 0 radical (unpaired) electrons. The van der Waals surface area contributed by atoms with E-state index in [4.69, 9.17) is 9.26 Å². The normalized spacial score (nSPS) is 26.9. The van der Waals surface area contributed by atoms with Crippen molar-refractivity contribution in [2.45, 2.75) is 99.9 Å². The van der Waals surface area contributed by atoms with Gasteiger partial charge >= 0.3 is 6.18 Å². The van der Waals surface area contributed by atoms with Gasteiger partial charge in [-0.25, -0.2) is 22.8 Å². The van der Waals surface area contributed by atoms with Crippen LogP contribution in [-0.2, 0) is 30.6 Å². The van der Waals surface area contributed by atoms with Gasteiger partial charge in [0.25, 0.3) is 11.8 Å². The molecule has 4 aliphatic rings. The van der Waals surface area contributed by atoms with Gasteiger partial charge in [0.05, 0.1) is 17.3 Å². The Bertz CT molecular complexity index is 2180. The molecule has 3 N–H and O–H groups in total. The number of amides is 4. The fourth-order valence-corrected chi connectivity index (χ4v) is 8.37. The number of hydrogen-bond acceptors (Lipinski definition) is 11. The number of nitrogens with one attached hydrogen (secondary N) is 3. The second-order valence-electron chi connectivity index (χ2n) is 14.3. The van der Waals surface area contributed by atoms with E-state index in [0.717, 1.165) is 17.0 Å². The minimum absolute atomic E-state index is 0.0465. The van der Waals surface area contributed by atoms with Crippen LogP contribution in [0, 0.1) is 18.7 Å². The van der Waals surface area contributed by atoms with Crippen LogP contribution in [0.5, 0.6) is 5.88 Å². The summed E-state index contributed by atoms with van der Waals surface area (Å²) in [5.74, 6) is -5.69. The van der Waals surface area contributed by atoms with Gasteiger partial charge < -0.3 is 24.8 Å². The molecule has 1 aromatic carbocycles. The predicted molar refractivity (Wildman–Crippen MR) is 183 cm³/mol. The standard InChI is InChI=1S/C35H37F4N7O8S/c1-18-14-25(44-54-18)29(47)41-24-10-6-4-2-3-5-8-19-16-34(19,33(50)45-55(51,52)21-12-13-21)43-30(48)26-15-20(17-46(26)32(24)49)53-31-28(35(37,38)39)40-23-11-7-9-22(36)27(23)42-31/h5,7-9,11,14,19-21,24,26H,2-4,6,10,12-13,15-17H2,1H3,(H,41,47)(H,43,48)(H,45,50)/b8-5-/t19-,20-,24+,26+,34-/m1/s1. The average molecular weight is 792 g/mol. The summed E-state index contributed by atoms with van der Waals surface area (Å²) in [5.41, 5.74) is -4.25. The van der Waals surface area contributed by atoms with E-state index in [9.17, 15) is 45.2 Å². The SMILES string of the molecule is Cc1cc(C(=O)N[C@H]2CCCCC/C=C\[C@@H]3C[C@@]3(C(=O)NS(=O)(=O)C3CC3)NC(=O)[C@@H]3C[C@@H](Oc4nc5c(F)cccc5nc4C(F)(F)F)CN3C2=O)no1. The molecule has 2 aliphatic carbocycles. The highest BCUT2D eigenvalue weighted by atomic mass is 32.2. The first-order valence-electron chi connectivity index (χ1n) is 17.9.